The normalized spacial score (nSPS) is 17.1. The first-order chi connectivity index (χ1) is 13.5. The first-order valence-electron chi connectivity index (χ1n) is 10.2. The molecule has 29 heavy (non-hydrogen) atoms. The predicted octanol–water partition coefficient (Wildman–Crippen LogP) is 3.36. The fourth-order valence-electron chi connectivity index (χ4n) is 3.36. The van der Waals surface area contributed by atoms with Gasteiger partial charge in [0.15, 0.2) is 5.96 Å². The van der Waals surface area contributed by atoms with Gasteiger partial charge in [0.05, 0.1) is 0 Å². The topological polar surface area (TPSA) is 42.9 Å². The molecule has 1 aliphatic rings. The van der Waals surface area contributed by atoms with Gasteiger partial charge in [-0.15, -0.1) is 35.7 Å². The Morgan fingerprint density at radius 3 is 2.38 bits per heavy atom. The largest absolute Gasteiger partial charge is 0.356 e. The number of likely N-dealkylation sites (N-methyl/N-ethyl adjacent to an activating group) is 1. The second-order valence-corrected chi connectivity index (χ2v) is 8.85. The molecule has 166 valence electrons. The lowest BCUT2D eigenvalue weighted by Crippen LogP contribution is -2.55. The maximum Gasteiger partial charge on any atom is 0.191 e. The summed E-state index contributed by atoms with van der Waals surface area (Å²) in [7, 11) is 4.02. The molecule has 1 unspecified atom stereocenters. The third-order valence-corrected chi connectivity index (χ3v) is 6.27. The van der Waals surface area contributed by atoms with Gasteiger partial charge in [0, 0.05) is 57.3 Å². The molecule has 2 rings (SSSR count). The van der Waals surface area contributed by atoms with Crippen molar-refractivity contribution in [3.63, 3.8) is 0 Å². The SMILES string of the molecule is CN=C(NCCCSc1ccc(F)cc1)NCC(C(C)C)N1CCN(C)CC1.I. The van der Waals surface area contributed by atoms with E-state index in [1.807, 2.05) is 19.2 Å². The number of nitrogens with one attached hydrogen (secondary N) is 2. The van der Waals surface area contributed by atoms with Crippen molar-refractivity contribution in [3.05, 3.63) is 30.1 Å². The molecule has 0 bridgehead atoms. The molecule has 1 aliphatic heterocycles. The first kappa shape index (κ1) is 26.5. The zero-order chi connectivity index (χ0) is 20.4. The van der Waals surface area contributed by atoms with E-state index in [1.54, 1.807) is 11.8 Å². The van der Waals surface area contributed by atoms with E-state index < -0.39 is 0 Å². The van der Waals surface area contributed by atoms with Gasteiger partial charge in [0.2, 0.25) is 0 Å². The summed E-state index contributed by atoms with van der Waals surface area (Å²) >= 11 is 1.75. The third kappa shape index (κ3) is 9.85. The summed E-state index contributed by atoms with van der Waals surface area (Å²) in [4.78, 5) is 10.5. The van der Waals surface area contributed by atoms with Crippen molar-refractivity contribution in [3.8, 4) is 0 Å². The minimum atomic E-state index is -0.183. The van der Waals surface area contributed by atoms with Crippen LogP contribution in [0.2, 0.25) is 0 Å². The summed E-state index contributed by atoms with van der Waals surface area (Å²) in [5, 5.41) is 6.92. The Kier molecular flexibility index (Phi) is 13.2. The first-order valence-corrected chi connectivity index (χ1v) is 11.2. The highest BCUT2D eigenvalue weighted by Crippen LogP contribution is 2.18. The van der Waals surface area contributed by atoms with Crippen molar-refractivity contribution < 1.29 is 4.39 Å². The van der Waals surface area contributed by atoms with Gasteiger partial charge in [0.25, 0.3) is 0 Å². The number of thioether (sulfide) groups is 1. The zero-order valence-electron chi connectivity index (χ0n) is 18.2. The van der Waals surface area contributed by atoms with Crippen molar-refractivity contribution in [2.75, 3.05) is 59.1 Å². The second kappa shape index (κ2) is 14.4. The third-order valence-electron chi connectivity index (χ3n) is 5.17. The number of rotatable bonds is 9. The zero-order valence-corrected chi connectivity index (χ0v) is 21.3. The lowest BCUT2D eigenvalue weighted by molar-refractivity contribution is 0.0900. The van der Waals surface area contributed by atoms with Crippen LogP contribution in [0, 0.1) is 11.7 Å². The average Bonchev–Trinajstić information content (AvgIpc) is 2.68. The Labute approximate surface area is 197 Å². The smallest absolute Gasteiger partial charge is 0.191 e. The molecule has 2 N–H and O–H groups in total. The lowest BCUT2D eigenvalue weighted by Gasteiger charge is -2.40. The molecular formula is C21H37FIN5S. The molecule has 1 atom stereocenters. The van der Waals surface area contributed by atoms with E-state index in [2.05, 4.69) is 46.3 Å². The Morgan fingerprint density at radius 1 is 1.14 bits per heavy atom. The monoisotopic (exact) mass is 537 g/mol. The van der Waals surface area contributed by atoms with Crippen LogP contribution in [0.15, 0.2) is 34.2 Å². The van der Waals surface area contributed by atoms with E-state index in [0.29, 0.717) is 12.0 Å². The number of halogens is 2. The molecule has 8 heteroatoms. The van der Waals surface area contributed by atoms with Crippen LogP contribution in [0.3, 0.4) is 0 Å². The van der Waals surface area contributed by atoms with Crippen LogP contribution in [0.5, 0.6) is 0 Å². The van der Waals surface area contributed by atoms with E-state index >= 15 is 0 Å². The fourth-order valence-corrected chi connectivity index (χ4v) is 4.21. The minimum absolute atomic E-state index is 0. The van der Waals surface area contributed by atoms with Crippen LogP contribution in [-0.2, 0) is 0 Å². The summed E-state index contributed by atoms with van der Waals surface area (Å²) in [5.41, 5.74) is 0. The fraction of sp³-hybridized carbons (Fsp3) is 0.667. The molecular weight excluding hydrogens is 500 g/mol. The van der Waals surface area contributed by atoms with E-state index in [1.165, 1.54) is 12.1 Å². The quantitative estimate of drug-likeness (QED) is 0.166. The summed E-state index contributed by atoms with van der Waals surface area (Å²) in [6.45, 7) is 10.9. The van der Waals surface area contributed by atoms with E-state index in [0.717, 1.165) is 62.3 Å². The Bertz CT molecular complexity index is 591. The predicted molar refractivity (Wildman–Crippen MR) is 134 cm³/mol. The van der Waals surface area contributed by atoms with Gasteiger partial charge >= 0.3 is 0 Å². The van der Waals surface area contributed by atoms with Crippen molar-refractivity contribution in [1.82, 2.24) is 20.4 Å². The van der Waals surface area contributed by atoms with Gasteiger partial charge in [-0.1, -0.05) is 13.8 Å². The molecule has 0 radical (unpaired) electrons. The highest BCUT2D eigenvalue weighted by atomic mass is 127. The maximum atomic E-state index is 12.9. The van der Waals surface area contributed by atoms with Crippen molar-refractivity contribution in [2.45, 2.75) is 31.2 Å². The number of hydrogen-bond acceptors (Lipinski definition) is 4. The summed E-state index contributed by atoms with van der Waals surface area (Å²) < 4.78 is 12.9. The van der Waals surface area contributed by atoms with E-state index in [9.17, 15) is 4.39 Å². The van der Waals surface area contributed by atoms with Gasteiger partial charge in [-0.2, -0.15) is 0 Å². The van der Waals surface area contributed by atoms with Gasteiger partial charge in [-0.05, 0) is 49.4 Å². The van der Waals surface area contributed by atoms with Crippen molar-refractivity contribution >= 4 is 41.7 Å². The molecule has 0 spiro atoms. The van der Waals surface area contributed by atoms with Gasteiger partial charge in [0.1, 0.15) is 5.82 Å². The van der Waals surface area contributed by atoms with Crippen LogP contribution >= 0.6 is 35.7 Å². The molecule has 1 saturated heterocycles. The average molecular weight is 538 g/mol. The van der Waals surface area contributed by atoms with Crippen LogP contribution < -0.4 is 10.6 Å². The summed E-state index contributed by atoms with van der Waals surface area (Å²) in [5.74, 6) is 2.27. The molecule has 0 aliphatic carbocycles. The lowest BCUT2D eigenvalue weighted by atomic mass is 10.0. The summed E-state index contributed by atoms with van der Waals surface area (Å²) in [6.07, 6.45) is 1.02. The molecule has 0 saturated carbocycles. The number of hydrogen-bond donors (Lipinski definition) is 2. The molecule has 0 amide bonds. The summed E-state index contributed by atoms with van der Waals surface area (Å²) in [6, 6.07) is 7.20. The second-order valence-electron chi connectivity index (χ2n) is 7.69. The Morgan fingerprint density at radius 2 is 1.79 bits per heavy atom. The molecule has 1 fully saturated rings. The van der Waals surface area contributed by atoms with Crippen molar-refractivity contribution in [2.24, 2.45) is 10.9 Å². The Hall–Kier alpha value is -0.580. The van der Waals surface area contributed by atoms with Gasteiger partial charge in [-0.25, -0.2) is 4.39 Å². The van der Waals surface area contributed by atoms with Crippen molar-refractivity contribution in [1.29, 1.82) is 0 Å². The standard InChI is InChI=1S/C21H36FN5S.HI/c1-17(2)20(27-13-11-26(4)12-14-27)16-25-21(23-3)24-10-5-15-28-19-8-6-18(22)7-9-19;/h6-9,17,20H,5,10-16H2,1-4H3,(H2,23,24,25);1H. The minimum Gasteiger partial charge on any atom is -0.356 e. The van der Waals surface area contributed by atoms with Gasteiger partial charge < -0.3 is 15.5 Å². The number of guanidine groups is 1. The van der Waals surface area contributed by atoms with E-state index in [4.69, 9.17) is 0 Å². The molecule has 5 nitrogen and oxygen atoms in total. The highest BCUT2D eigenvalue weighted by molar-refractivity contribution is 14.0. The van der Waals surface area contributed by atoms with Crippen LogP contribution in [0.4, 0.5) is 4.39 Å². The van der Waals surface area contributed by atoms with Crippen LogP contribution in [-0.4, -0.2) is 80.9 Å². The number of aliphatic imine (C=N–C) groups is 1. The van der Waals surface area contributed by atoms with Gasteiger partial charge in [-0.3, -0.25) is 9.89 Å². The molecule has 1 aromatic rings. The molecule has 1 heterocycles. The Balaban J connectivity index is 0.00000420. The number of benzene rings is 1. The van der Waals surface area contributed by atoms with Crippen LogP contribution in [0.1, 0.15) is 20.3 Å². The number of nitrogens with zero attached hydrogens (tertiary/aromatic N) is 3. The maximum absolute atomic E-state index is 12.9. The van der Waals surface area contributed by atoms with E-state index in [-0.39, 0.29) is 29.8 Å². The molecule has 0 aromatic heterocycles. The highest BCUT2D eigenvalue weighted by Gasteiger charge is 2.24. The number of piperazine rings is 1. The molecule has 1 aromatic carbocycles. The van der Waals surface area contributed by atoms with Crippen LogP contribution in [0.25, 0.3) is 0 Å².